The van der Waals surface area contributed by atoms with Gasteiger partial charge in [0.05, 0.1) is 0 Å². The molecule has 2 unspecified atom stereocenters. The van der Waals surface area contributed by atoms with Crippen molar-refractivity contribution in [3.05, 3.63) is 17.5 Å². The largest absolute Gasteiger partial charge is 0.366 e. The van der Waals surface area contributed by atoms with Crippen molar-refractivity contribution < 1.29 is 0 Å². The highest BCUT2D eigenvalue weighted by atomic mass is 35.5. The Balaban J connectivity index is 1.69. The molecular weight excluding hydrogens is 236 g/mol. The first-order chi connectivity index (χ1) is 8.33. The Morgan fingerprint density at radius 2 is 2.18 bits per heavy atom. The third kappa shape index (κ3) is 2.38. The van der Waals surface area contributed by atoms with Crippen LogP contribution in [0.15, 0.2) is 12.4 Å². The lowest BCUT2D eigenvalue weighted by molar-refractivity contribution is 0.192. The molecule has 2 fully saturated rings. The summed E-state index contributed by atoms with van der Waals surface area (Å²) in [7, 11) is 0. The summed E-state index contributed by atoms with van der Waals surface area (Å²) in [6.45, 7) is 2.47. The fourth-order valence-electron chi connectivity index (χ4n) is 3.02. The van der Waals surface area contributed by atoms with Crippen molar-refractivity contribution in [2.24, 2.45) is 0 Å². The topological polar surface area (TPSA) is 41.0 Å². The average Bonchev–Trinajstić information content (AvgIpc) is 2.73. The summed E-state index contributed by atoms with van der Waals surface area (Å²) in [5.74, 6) is 0.849. The summed E-state index contributed by atoms with van der Waals surface area (Å²) in [6.07, 6.45) is 6.72. The number of nitrogens with one attached hydrogen (secondary N) is 1. The van der Waals surface area contributed by atoms with Crippen molar-refractivity contribution in [3.8, 4) is 0 Å². The van der Waals surface area contributed by atoms with Gasteiger partial charge in [-0.1, -0.05) is 18.0 Å². The minimum Gasteiger partial charge on any atom is -0.366 e. The molecule has 1 aromatic rings. The second kappa shape index (κ2) is 4.78. The predicted molar refractivity (Wildman–Crippen MR) is 68.3 cm³/mol. The van der Waals surface area contributed by atoms with Crippen LogP contribution in [0.3, 0.4) is 0 Å². The van der Waals surface area contributed by atoms with Crippen LogP contribution in [0.4, 0.5) is 5.82 Å². The smallest absolute Gasteiger partial charge is 0.134 e. The van der Waals surface area contributed by atoms with E-state index in [9.17, 15) is 0 Å². The van der Waals surface area contributed by atoms with Crippen molar-refractivity contribution in [2.75, 3.05) is 18.4 Å². The van der Waals surface area contributed by atoms with Crippen molar-refractivity contribution in [1.29, 1.82) is 0 Å². The lowest BCUT2D eigenvalue weighted by Crippen LogP contribution is -2.41. The van der Waals surface area contributed by atoms with Gasteiger partial charge in [0.15, 0.2) is 0 Å². The zero-order chi connectivity index (χ0) is 11.7. The summed E-state index contributed by atoms with van der Waals surface area (Å²) < 4.78 is 0. The molecule has 2 saturated heterocycles. The Morgan fingerprint density at radius 1 is 1.24 bits per heavy atom. The van der Waals surface area contributed by atoms with Crippen LogP contribution in [-0.4, -0.2) is 40.0 Å². The maximum Gasteiger partial charge on any atom is 0.134 e. The second-order valence-corrected chi connectivity index (χ2v) is 5.25. The summed E-state index contributed by atoms with van der Waals surface area (Å²) in [5.41, 5.74) is 0. The van der Waals surface area contributed by atoms with E-state index < -0.39 is 0 Å². The van der Waals surface area contributed by atoms with E-state index in [0.29, 0.717) is 17.2 Å². The summed E-state index contributed by atoms with van der Waals surface area (Å²) in [4.78, 5) is 10.7. The van der Waals surface area contributed by atoms with E-state index in [1.807, 2.05) is 0 Å². The molecule has 17 heavy (non-hydrogen) atoms. The van der Waals surface area contributed by atoms with Crippen LogP contribution in [-0.2, 0) is 0 Å². The van der Waals surface area contributed by atoms with E-state index in [-0.39, 0.29) is 0 Å². The molecule has 92 valence electrons. The minimum absolute atomic E-state index is 0.501. The molecule has 0 bridgehead atoms. The molecule has 0 spiro atoms. The van der Waals surface area contributed by atoms with Crippen molar-refractivity contribution in [3.63, 3.8) is 0 Å². The van der Waals surface area contributed by atoms with Crippen molar-refractivity contribution in [2.45, 2.75) is 37.8 Å². The van der Waals surface area contributed by atoms with Crippen LogP contribution in [0.1, 0.15) is 25.7 Å². The highest BCUT2D eigenvalue weighted by Crippen LogP contribution is 2.29. The highest BCUT2D eigenvalue weighted by molar-refractivity contribution is 6.29. The molecule has 2 aliphatic rings. The van der Waals surface area contributed by atoms with E-state index in [4.69, 9.17) is 11.6 Å². The molecule has 0 amide bonds. The van der Waals surface area contributed by atoms with Gasteiger partial charge >= 0.3 is 0 Å². The van der Waals surface area contributed by atoms with E-state index >= 15 is 0 Å². The average molecular weight is 253 g/mol. The summed E-state index contributed by atoms with van der Waals surface area (Å²) in [5, 5.41) is 4.00. The Morgan fingerprint density at radius 3 is 3.06 bits per heavy atom. The van der Waals surface area contributed by atoms with Gasteiger partial charge in [0, 0.05) is 24.7 Å². The van der Waals surface area contributed by atoms with Crippen molar-refractivity contribution in [1.82, 2.24) is 14.9 Å². The summed E-state index contributed by atoms with van der Waals surface area (Å²) in [6, 6.07) is 2.99. The van der Waals surface area contributed by atoms with Gasteiger partial charge in [-0.05, 0) is 25.8 Å². The quantitative estimate of drug-likeness (QED) is 0.819. The fraction of sp³-hybridized carbons (Fsp3) is 0.667. The first-order valence-corrected chi connectivity index (χ1v) is 6.69. The van der Waals surface area contributed by atoms with Gasteiger partial charge in [-0.2, -0.15) is 0 Å². The molecule has 1 N–H and O–H groups in total. The van der Waals surface area contributed by atoms with E-state index in [0.717, 1.165) is 5.82 Å². The highest BCUT2D eigenvalue weighted by Gasteiger charge is 2.35. The van der Waals surface area contributed by atoms with E-state index in [2.05, 4.69) is 20.2 Å². The number of fused-ring (bicyclic) bond motifs is 1. The van der Waals surface area contributed by atoms with Gasteiger partial charge in [0.1, 0.15) is 17.3 Å². The maximum absolute atomic E-state index is 5.87. The van der Waals surface area contributed by atoms with Crippen LogP contribution in [0, 0.1) is 0 Å². The Hall–Kier alpha value is -0.870. The number of nitrogens with zero attached hydrogens (tertiary/aromatic N) is 3. The summed E-state index contributed by atoms with van der Waals surface area (Å²) >= 11 is 5.87. The number of rotatable bonds is 2. The standard InChI is InChI=1S/C12H17ClN4/c13-11-7-12(15-8-14-11)16-9-4-6-17-5-2-1-3-10(9)17/h7-10H,1-6H2,(H,14,15,16). The lowest BCUT2D eigenvalue weighted by Gasteiger charge is -2.32. The molecule has 0 radical (unpaired) electrons. The number of piperidine rings is 1. The van der Waals surface area contributed by atoms with Gasteiger partial charge in [-0.25, -0.2) is 9.97 Å². The van der Waals surface area contributed by atoms with E-state index in [1.165, 1.54) is 45.1 Å². The van der Waals surface area contributed by atoms with Gasteiger partial charge in [-0.15, -0.1) is 0 Å². The zero-order valence-corrected chi connectivity index (χ0v) is 10.5. The molecule has 3 heterocycles. The van der Waals surface area contributed by atoms with Crippen LogP contribution >= 0.6 is 11.6 Å². The molecule has 0 aliphatic carbocycles. The molecule has 1 aromatic heterocycles. The first-order valence-electron chi connectivity index (χ1n) is 6.31. The van der Waals surface area contributed by atoms with Crippen LogP contribution in [0.25, 0.3) is 0 Å². The third-order valence-corrected chi connectivity index (χ3v) is 4.03. The second-order valence-electron chi connectivity index (χ2n) is 4.86. The molecular formula is C12H17ClN4. The van der Waals surface area contributed by atoms with Gasteiger partial charge in [0.25, 0.3) is 0 Å². The zero-order valence-electron chi connectivity index (χ0n) is 9.77. The molecule has 4 nitrogen and oxygen atoms in total. The number of aromatic nitrogens is 2. The number of hydrogen-bond acceptors (Lipinski definition) is 4. The molecule has 5 heteroatoms. The molecule has 0 saturated carbocycles. The minimum atomic E-state index is 0.501. The first kappa shape index (κ1) is 11.2. The molecule has 3 rings (SSSR count). The Bertz CT molecular complexity index is 398. The number of halogens is 1. The number of anilines is 1. The lowest BCUT2D eigenvalue weighted by atomic mass is 9.99. The maximum atomic E-state index is 5.87. The molecule has 0 aromatic carbocycles. The van der Waals surface area contributed by atoms with Crippen LogP contribution < -0.4 is 5.32 Å². The third-order valence-electron chi connectivity index (χ3n) is 3.82. The van der Waals surface area contributed by atoms with E-state index in [1.54, 1.807) is 6.07 Å². The normalized spacial score (nSPS) is 29.0. The molecule has 2 atom stereocenters. The molecule has 2 aliphatic heterocycles. The van der Waals surface area contributed by atoms with Gasteiger partial charge in [-0.3, -0.25) is 4.90 Å². The monoisotopic (exact) mass is 252 g/mol. The SMILES string of the molecule is Clc1cc(NC2CCN3CCCCC23)ncn1. The Labute approximate surface area is 106 Å². The predicted octanol–water partition coefficient (Wildman–Crippen LogP) is 2.17. The number of hydrogen-bond donors (Lipinski definition) is 1. The van der Waals surface area contributed by atoms with Crippen LogP contribution in [0.2, 0.25) is 5.15 Å². The van der Waals surface area contributed by atoms with Crippen molar-refractivity contribution >= 4 is 17.4 Å². The van der Waals surface area contributed by atoms with Crippen LogP contribution in [0.5, 0.6) is 0 Å². The fourth-order valence-corrected chi connectivity index (χ4v) is 3.17. The van der Waals surface area contributed by atoms with Gasteiger partial charge in [0.2, 0.25) is 0 Å². The van der Waals surface area contributed by atoms with Gasteiger partial charge < -0.3 is 5.32 Å². The Kier molecular flexibility index (Phi) is 3.16.